The quantitative estimate of drug-likeness (QED) is 0.706. The summed E-state index contributed by atoms with van der Waals surface area (Å²) in [5.41, 5.74) is 2.20. The number of fused-ring (bicyclic) bond motifs is 1. The summed E-state index contributed by atoms with van der Waals surface area (Å²) in [7, 11) is 1.69. The number of methoxy groups -OCH3 is 1. The Bertz CT molecular complexity index is 475. The first kappa shape index (κ1) is 10.1. The maximum absolute atomic E-state index is 5.52. The summed E-state index contributed by atoms with van der Waals surface area (Å²) in [6, 6.07) is 6.01. The van der Waals surface area contributed by atoms with Gasteiger partial charge in [0.05, 0.1) is 13.4 Å². The minimum absolute atomic E-state index is 0.0602. The SMILES string of the molecule is COc1cc(C(C)(C)C)c2occc2c1. The Kier molecular flexibility index (Phi) is 2.22. The molecule has 0 amide bonds. The highest BCUT2D eigenvalue weighted by atomic mass is 16.5. The maximum Gasteiger partial charge on any atom is 0.137 e. The van der Waals surface area contributed by atoms with E-state index in [2.05, 4.69) is 20.8 Å². The van der Waals surface area contributed by atoms with Crippen molar-refractivity contribution in [2.75, 3.05) is 7.11 Å². The Balaban J connectivity index is 2.74. The molecule has 0 saturated heterocycles. The normalized spacial score (nSPS) is 12.0. The van der Waals surface area contributed by atoms with E-state index in [0.29, 0.717) is 0 Å². The molecule has 2 aromatic rings. The van der Waals surface area contributed by atoms with Crippen LogP contribution in [0.15, 0.2) is 28.9 Å². The average molecular weight is 204 g/mol. The third kappa shape index (κ3) is 1.72. The first-order valence-electron chi connectivity index (χ1n) is 5.08. The van der Waals surface area contributed by atoms with Crippen LogP contribution in [0.1, 0.15) is 26.3 Å². The van der Waals surface area contributed by atoms with Crippen LogP contribution >= 0.6 is 0 Å². The molecule has 1 heterocycles. The molecule has 0 atom stereocenters. The average Bonchev–Trinajstić information content (AvgIpc) is 2.61. The second-order valence-corrected chi connectivity index (χ2v) is 4.76. The van der Waals surface area contributed by atoms with Crippen LogP contribution in [0.4, 0.5) is 0 Å². The van der Waals surface area contributed by atoms with Crippen molar-refractivity contribution in [3.8, 4) is 5.75 Å². The number of hydrogen-bond acceptors (Lipinski definition) is 2. The van der Waals surface area contributed by atoms with E-state index in [1.807, 2.05) is 18.2 Å². The minimum Gasteiger partial charge on any atom is -0.497 e. The molecule has 2 nitrogen and oxygen atoms in total. The molecule has 1 aromatic heterocycles. The molecule has 0 aliphatic heterocycles. The van der Waals surface area contributed by atoms with Crippen molar-refractivity contribution in [3.63, 3.8) is 0 Å². The number of benzene rings is 1. The van der Waals surface area contributed by atoms with Gasteiger partial charge in [-0.05, 0) is 23.6 Å². The van der Waals surface area contributed by atoms with Gasteiger partial charge >= 0.3 is 0 Å². The smallest absolute Gasteiger partial charge is 0.137 e. The van der Waals surface area contributed by atoms with Gasteiger partial charge in [-0.2, -0.15) is 0 Å². The monoisotopic (exact) mass is 204 g/mol. The van der Waals surface area contributed by atoms with E-state index in [1.54, 1.807) is 13.4 Å². The molecule has 80 valence electrons. The molecular weight excluding hydrogens is 188 g/mol. The van der Waals surface area contributed by atoms with Crippen molar-refractivity contribution in [1.29, 1.82) is 0 Å². The largest absolute Gasteiger partial charge is 0.497 e. The van der Waals surface area contributed by atoms with Gasteiger partial charge in [0.2, 0.25) is 0 Å². The Morgan fingerprint density at radius 1 is 1.20 bits per heavy atom. The molecule has 15 heavy (non-hydrogen) atoms. The highest BCUT2D eigenvalue weighted by molar-refractivity contribution is 5.83. The van der Waals surface area contributed by atoms with Crippen LogP contribution < -0.4 is 4.74 Å². The molecule has 0 bridgehead atoms. The van der Waals surface area contributed by atoms with Gasteiger partial charge in [-0.1, -0.05) is 20.8 Å². The first-order chi connectivity index (χ1) is 7.02. The molecule has 1 aromatic carbocycles. The van der Waals surface area contributed by atoms with Crippen LogP contribution in [0.3, 0.4) is 0 Å². The van der Waals surface area contributed by atoms with E-state index in [9.17, 15) is 0 Å². The molecule has 0 aliphatic carbocycles. The van der Waals surface area contributed by atoms with Gasteiger partial charge in [0, 0.05) is 10.9 Å². The third-order valence-corrected chi connectivity index (χ3v) is 2.57. The summed E-state index contributed by atoms with van der Waals surface area (Å²) in [4.78, 5) is 0. The number of rotatable bonds is 1. The summed E-state index contributed by atoms with van der Waals surface area (Å²) in [6.45, 7) is 6.51. The fourth-order valence-corrected chi connectivity index (χ4v) is 1.73. The Hall–Kier alpha value is -1.44. The molecule has 0 aliphatic rings. The predicted molar refractivity (Wildman–Crippen MR) is 61.5 cm³/mol. The zero-order valence-electron chi connectivity index (χ0n) is 9.63. The van der Waals surface area contributed by atoms with Crippen molar-refractivity contribution in [2.24, 2.45) is 0 Å². The van der Waals surface area contributed by atoms with Crippen LogP contribution in [-0.2, 0) is 5.41 Å². The van der Waals surface area contributed by atoms with Crippen LogP contribution in [0.25, 0.3) is 11.0 Å². The van der Waals surface area contributed by atoms with Gasteiger partial charge in [0.15, 0.2) is 0 Å². The van der Waals surface area contributed by atoms with Crippen molar-refractivity contribution < 1.29 is 9.15 Å². The third-order valence-electron chi connectivity index (χ3n) is 2.57. The van der Waals surface area contributed by atoms with Crippen LogP contribution in [-0.4, -0.2) is 7.11 Å². The van der Waals surface area contributed by atoms with E-state index >= 15 is 0 Å². The van der Waals surface area contributed by atoms with E-state index in [1.165, 1.54) is 5.56 Å². The maximum atomic E-state index is 5.52. The summed E-state index contributed by atoms with van der Waals surface area (Å²) in [5.74, 6) is 0.883. The van der Waals surface area contributed by atoms with Crippen molar-refractivity contribution in [3.05, 3.63) is 30.0 Å². The van der Waals surface area contributed by atoms with E-state index in [0.717, 1.165) is 16.7 Å². The lowest BCUT2D eigenvalue weighted by molar-refractivity contribution is 0.413. The standard InChI is InChI=1S/C13H16O2/c1-13(2,3)11-8-10(14-4)7-9-5-6-15-12(9)11/h5-8H,1-4H3. The fraction of sp³-hybridized carbons (Fsp3) is 0.385. The molecular formula is C13H16O2. The Labute approximate surface area is 89.8 Å². The highest BCUT2D eigenvalue weighted by Gasteiger charge is 2.20. The molecule has 0 N–H and O–H groups in total. The van der Waals surface area contributed by atoms with Gasteiger partial charge in [0.25, 0.3) is 0 Å². The van der Waals surface area contributed by atoms with Crippen molar-refractivity contribution in [2.45, 2.75) is 26.2 Å². The van der Waals surface area contributed by atoms with E-state index in [4.69, 9.17) is 9.15 Å². The van der Waals surface area contributed by atoms with Gasteiger partial charge in [-0.25, -0.2) is 0 Å². The second-order valence-electron chi connectivity index (χ2n) is 4.76. The summed E-state index contributed by atoms with van der Waals surface area (Å²) < 4.78 is 10.8. The van der Waals surface area contributed by atoms with Crippen LogP contribution in [0.5, 0.6) is 5.75 Å². The lowest BCUT2D eigenvalue weighted by atomic mass is 9.86. The Morgan fingerprint density at radius 2 is 1.93 bits per heavy atom. The van der Waals surface area contributed by atoms with Gasteiger partial charge in [-0.3, -0.25) is 0 Å². The molecule has 0 unspecified atom stereocenters. The van der Waals surface area contributed by atoms with E-state index < -0.39 is 0 Å². The first-order valence-corrected chi connectivity index (χ1v) is 5.08. The fourth-order valence-electron chi connectivity index (χ4n) is 1.73. The molecule has 0 radical (unpaired) electrons. The summed E-state index contributed by atoms with van der Waals surface area (Å²) in [5, 5.41) is 1.10. The zero-order chi connectivity index (χ0) is 11.1. The zero-order valence-corrected chi connectivity index (χ0v) is 9.63. The highest BCUT2D eigenvalue weighted by Crippen LogP contribution is 2.34. The Morgan fingerprint density at radius 3 is 2.53 bits per heavy atom. The van der Waals surface area contributed by atoms with Crippen LogP contribution in [0, 0.1) is 0 Å². The summed E-state index contributed by atoms with van der Waals surface area (Å²) in [6.07, 6.45) is 1.72. The topological polar surface area (TPSA) is 22.4 Å². The number of ether oxygens (including phenoxy) is 1. The second kappa shape index (κ2) is 3.30. The molecule has 2 heteroatoms. The van der Waals surface area contributed by atoms with Crippen molar-refractivity contribution >= 4 is 11.0 Å². The van der Waals surface area contributed by atoms with E-state index in [-0.39, 0.29) is 5.41 Å². The lowest BCUT2D eigenvalue weighted by Crippen LogP contribution is -2.11. The summed E-state index contributed by atoms with van der Waals surface area (Å²) >= 11 is 0. The number of hydrogen-bond donors (Lipinski definition) is 0. The number of furan rings is 1. The minimum atomic E-state index is 0.0602. The van der Waals surface area contributed by atoms with Gasteiger partial charge in [-0.15, -0.1) is 0 Å². The molecule has 0 spiro atoms. The lowest BCUT2D eigenvalue weighted by Gasteiger charge is -2.19. The van der Waals surface area contributed by atoms with Crippen molar-refractivity contribution in [1.82, 2.24) is 0 Å². The molecule has 0 saturated carbocycles. The van der Waals surface area contributed by atoms with Gasteiger partial charge < -0.3 is 9.15 Å². The van der Waals surface area contributed by atoms with Gasteiger partial charge in [0.1, 0.15) is 11.3 Å². The van der Waals surface area contributed by atoms with Crippen LogP contribution in [0.2, 0.25) is 0 Å². The predicted octanol–water partition coefficient (Wildman–Crippen LogP) is 3.74. The molecule has 2 rings (SSSR count). The molecule has 0 fully saturated rings.